The van der Waals surface area contributed by atoms with Gasteiger partial charge in [0.05, 0.1) is 0 Å². The molecule has 0 aliphatic rings. The van der Waals surface area contributed by atoms with Crippen molar-refractivity contribution in [2.75, 3.05) is 27.2 Å². The lowest BCUT2D eigenvalue weighted by atomic mass is 10.1. The van der Waals surface area contributed by atoms with E-state index >= 15 is 0 Å². The van der Waals surface area contributed by atoms with Crippen molar-refractivity contribution in [3.8, 4) is 0 Å². The summed E-state index contributed by atoms with van der Waals surface area (Å²) in [4.78, 5) is 12.5. The summed E-state index contributed by atoms with van der Waals surface area (Å²) in [6, 6.07) is 0. The summed E-state index contributed by atoms with van der Waals surface area (Å²) in [5.41, 5.74) is -1.45. The number of halogens is 5. The molecule has 1 rings (SSSR count). The first-order valence-electron chi connectivity index (χ1n) is 5.24. The molecule has 1 aromatic rings. The number of hydrogen-bond donors (Lipinski definition) is 1. The average molecular weight is 282 g/mol. The van der Waals surface area contributed by atoms with Crippen LogP contribution in [-0.2, 0) is 0 Å². The van der Waals surface area contributed by atoms with E-state index in [1.54, 1.807) is 7.05 Å². The molecule has 0 aromatic heterocycles. The summed E-state index contributed by atoms with van der Waals surface area (Å²) in [6.45, 7) is 0.354. The van der Waals surface area contributed by atoms with E-state index < -0.39 is 40.6 Å². The molecule has 0 saturated carbocycles. The van der Waals surface area contributed by atoms with Crippen molar-refractivity contribution in [1.82, 2.24) is 10.2 Å². The number of nitrogens with zero attached hydrogens (tertiary/aromatic N) is 1. The minimum absolute atomic E-state index is 0.0504. The van der Waals surface area contributed by atoms with Gasteiger partial charge in [-0.1, -0.05) is 0 Å². The normalized spacial score (nSPS) is 10.7. The Kier molecular flexibility index (Phi) is 4.82. The van der Waals surface area contributed by atoms with Crippen LogP contribution in [-0.4, -0.2) is 38.0 Å². The zero-order chi connectivity index (χ0) is 14.7. The Hall–Kier alpha value is -1.70. The lowest BCUT2D eigenvalue weighted by Crippen LogP contribution is -2.34. The molecule has 0 saturated heterocycles. The zero-order valence-electron chi connectivity index (χ0n) is 10.2. The van der Waals surface area contributed by atoms with E-state index in [0.29, 0.717) is 6.54 Å². The fraction of sp³-hybridized carbons (Fsp3) is 0.364. The van der Waals surface area contributed by atoms with Crippen LogP contribution < -0.4 is 5.32 Å². The van der Waals surface area contributed by atoms with Crippen LogP contribution in [0.2, 0.25) is 0 Å². The predicted octanol–water partition coefficient (Wildman–Crippen LogP) is 1.67. The van der Waals surface area contributed by atoms with E-state index in [2.05, 4.69) is 5.32 Å². The Morgan fingerprint density at radius 3 is 1.84 bits per heavy atom. The first kappa shape index (κ1) is 15.4. The number of rotatable bonds is 4. The Labute approximate surface area is 106 Å². The quantitative estimate of drug-likeness (QED) is 0.517. The summed E-state index contributed by atoms with van der Waals surface area (Å²) in [7, 11) is 2.77. The molecule has 0 aliphatic carbocycles. The molecule has 1 amide bonds. The van der Waals surface area contributed by atoms with Crippen LogP contribution in [0.4, 0.5) is 22.0 Å². The van der Waals surface area contributed by atoms with Gasteiger partial charge < -0.3 is 10.2 Å². The van der Waals surface area contributed by atoms with Gasteiger partial charge in [-0.15, -0.1) is 0 Å². The third kappa shape index (κ3) is 2.83. The average Bonchev–Trinajstić information content (AvgIpc) is 2.40. The van der Waals surface area contributed by atoms with Crippen LogP contribution in [0.25, 0.3) is 0 Å². The highest BCUT2D eigenvalue weighted by atomic mass is 19.2. The van der Waals surface area contributed by atoms with Gasteiger partial charge in [-0.3, -0.25) is 4.79 Å². The first-order valence-corrected chi connectivity index (χ1v) is 5.24. The maximum atomic E-state index is 13.4. The smallest absolute Gasteiger partial charge is 0.259 e. The molecule has 0 fully saturated rings. The van der Waals surface area contributed by atoms with E-state index in [4.69, 9.17) is 0 Å². The van der Waals surface area contributed by atoms with Crippen LogP contribution in [0, 0.1) is 29.1 Å². The minimum Gasteiger partial charge on any atom is -0.340 e. The predicted molar refractivity (Wildman–Crippen MR) is 57.1 cm³/mol. The van der Waals surface area contributed by atoms with Crippen molar-refractivity contribution >= 4 is 5.91 Å². The fourth-order valence-corrected chi connectivity index (χ4v) is 1.36. The molecule has 3 nitrogen and oxygen atoms in total. The second-order valence-electron chi connectivity index (χ2n) is 3.78. The number of carbonyl (C=O) groups is 1. The first-order chi connectivity index (χ1) is 8.82. The van der Waals surface area contributed by atoms with Crippen molar-refractivity contribution in [2.24, 2.45) is 0 Å². The topological polar surface area (TPSA) is 32.3 Å². The summed E-state index contributed by atoms with van der Waals surface area (Å²) in [5, 5.41) is 2.68. The van der Waals surface area contributed by atoms with Crippen molar-refractivity contribution in [3.63, 3.8) is 0 Å². The molecular weight excluding hydrogens is 271 g/mol. The lowest BCUT2D eigenvalue weighted by Gasteiger charge is -2.18. The van der Waals surface area contributed by atoms with Gasteiger partial charge in [0.2, 0.25) is 5.82 Å². The number of amides is 1. The van der Waals surface area contributed by atoms with E-state index in [1.165, 1.54) is 7.05 Å². The van der Waals surface area contributed by atoms with Gasteiger partial charge in [-0.25, -0.2) is 22.0 Å². The second-order valence-corrected chi connectivity index (χ2v) is 3.78. The van der Waals surface area contributed by atoms with Crippen molar-refractivity contribution in [3.05, 3.63) is 34.6 Å². The van der Waals surface area contributed by atoms with Gasteiger partial charge in [0.1, 0.15) is 5.56 Å². The van der Waals surface area contributed by atoms with E-state index in [0.717, 1.165) is 4.90 Å². The molecule has 0 radical (unpaired) electrons. The minimum atomic E-state index is -2.29. The van der Waals surface area contributed by atoms with Crippen molar-refractivity contribution < 1.29 is 26.7 Å². The van der Waals surface area contributed by atoms with Gasteiger partial charge in [0.25, 0.3) is 5.91 Å². The molecule has 0 aliphatic heterocycles. The Morgan fingerprint density at radius 2 is 1.42 bits per heavy atom. The molecule has 0 heterocycles. The van der Waals surface area contributed by atoms with Crippen LogP contribution in [0.1, 0.15) is 10.4 Å². The van der Waals surface area contributed by atoms with Crippen molar-refractivity contribution in [1.29, 1.82) is 0 Å². The summed E-state index contributed by atoms with van der Waals surface area (Å²) in [5.74, 6) is -12.1. The molecular formula is C11H11F5N2O. The van der Waals surface area contributed by atoms with E-state index in [-0.39, 0.29) is 6.54 Å². The van der Waals surface area contributed by atoms with Gasteiger partial charge >= 0.3 is 0 Å². The molecule has 106 valence electrons. The highest BCUT2D eigenvalue weighted by Gasteiger charge is 2.30. The number of nitrogens with one attached hydrogen (secondary N) is 1. The third-order valence-electron chi connectivity index (χ3n) is 2.47. The SMILES string of the molecule is CNCCN(C)C(=O)c1c(F)c(F)c(F)c(F)c1F. The summed E-state index contributed by atoms with van der Waals surface area (Å²) >= 11 is 0. The molecule has 19 heavy (non-hydrogen) atoms. The number of likely N-dealkylation sites (N-methyl/N-ethyl adjacent to an activating group) is 2. The molecule has 0 unspecified atom stereocenters. The lowest BCUT2D eigenvalue weighted by molar-refractivity contribution is 0.0783. The zero-order valence-corrected chi connectivity index (χ0v) is 10.2. The maximum absolute atomic E-state index is 13.4. The van der Waals surface area contributed by atoms with Crippen LogP contribution >= 0.6 is 0 Å². The van der Waals surface area contributed by atoms with Crippen LogP contribution in [0.5, 0.6) is 0 Å². The standard InChI is InChI=1S/C11H11F5N2O/c1-17-3-4-18(2)11(19)5-6(12)8(14)10(16)9(15)7(5)13/h17H,3-4H2,1-2H3. The fourth-order valence-electron chi connectivity index (χ4n) is 1.36. The van der Waals surface area contributed by atoms with Gasteiger partial charge in [0.15, 0.2) is 23.3 Å². The maximum Gasteiger partial charge on any atom is 0.259 e. The highest BCUT2D eigenvalue weighted by Crippen LogP contribution is 2.23. The molecule has 0 atom stereocenters. The molecule has 1 aromatic carbocycles. The monoisotopic (exact) mass is 282 g/mol. The summed E-state index contributed by atoms with van der Waals surface area (Å²) in [6.07, 6.45) is 0. The number of carbonyl (C=O) groups excluding carboxylic acids is 1. The van der Waals surface area contributed by atoms with Crippen molar-refractivity contribution in [2.45, 2.75) is 0 Å². The van der Waals surface area contributed by atoms with Gasteiger partial charge in [-0.05, 0) is 7.05 Å². The molecule has 1 N–H and O–H groups in total. The van der Waals surface area contributed by atoms with Gasteiger partial charge in [0, 0.05) is 20.1 Å². The third-order valence-corrected chi connectivity index (χ3v) is 2.47. The second kappa shape index (κ2) is 5.96. The largest absolute Gasteiger partial charge is 0.340 e. The molecule has 0 bridgehead atoms. The van der Waals surface area contributed by atoms with Crippen LogP contribution in [0.15, 0.2) is 0 Å². The van der Waals surface area contributed by atoms with Crippen LogP contribution in [0.3, 0.4) is 0 Å². The highest BCUT2D eigenvalue weighted by molar-refractivity contribution is 5.94. The Morgan fingerprint density at radius 1 is 1.00 bits per heavy atom. The molecule has 8 heteroatoms. The Bertz CT molecular complexity index is 477. The number of benzene rings is 1. The van der Waals surface area contributed by atoms with Gasteiger partial charge in [-0.2, -0.15) is 0 Å². The van der Waals surface area contributed by atoms with E-state index in [1.807, 2.05) is 0 Å². The van der Waals surface area contributed by atoms with E-state index in [9.17, 15) is 26.7 Å². The molecule has 0 spiro atoms. The number of hydrogen-bond acceptors (Lipinski definition) is 2. The Balaban J connectivity index is 3.24. The summed E-state index contributed by atoms with van der Waals surface area (Å²) < 4.78 is 65.4.